The molecule has 1 aromatic carbocycles. The molecule has 3 aliphatic rings. The normalized spacial score (nSPS) is 26.4. The molecule has 4 rings (SSSR count). The molecular formula is C34H49N3O6. The second kappa shape index (κ2) is 14.1. The van der Waals surface area contributed by atoms with E-state index in [4.69, 9.17) is 9.47 Å². The van der Waals surface area contributed by atoms with Gasteiger partial charge in [-0.1, -0.05) is 39.3 Å². The van der Waals surface area contributed by atoms with E-state index in [2.05, 4.69) is 20.1 Å². The summed E-state index contributed by atoms with van der Waals surface area (Å²) in [6, 6.07) is 5.82. The molecule has 1 spiro atoms. The van der Waals surface area contributed by atoms with E-state index >= 15 is 0 Å². The van der Waals surface area contributed by atoms with Gasteiger partial charge >= 0.3 is 0 Å². The Bertz CT molecular complexity index is 1170. The molecule has 2 bridgehead atoms. The first-order chi connectivity index (χ1) is 20.7. The van der Waals surface area contributed by atoms with Gasteiger partial charge in [0.15, 0.2) is 0 Å². The van der Waals surface area contributed by atoms with Crippen molar-refractivity contribution in [3.63, 3.8) is 0 Å². The van der Waals surface area contributed by atoms with Gasteiger partial charge in [-0.15, -0.1) is 13.2 Å². The predicted molar refractivity (Wildman–Crippen MR) is 167 cm³/mol. The van der Waals surface area contributed by atoms with Crippen LogP contribution in [0.1, 0.15) is 59.8 Å². The van der Waals surface area contributed by atoms with E-state index in [1.165, 1.54) is 0 Å². The molecule has 9 heteroatoms. The summed E-state index contributed by atoms with van der Waals surface area (Å²) < 4.78 is 12.3. The van der Waals surface area contributed by atoms with Crippen molar-refractivity contribution in [3.05, 3.63) is 49.6 Å². The van der Waals surface area contributed by atoms with Gasteiger partial charge in [0.05, 0.1) is 37.2 Å². The summed E-state index contributed by atoms with van der Waals surface area (Å²) in [5.74, 6) is -1.39. The average Bonchev–Trinajstić information content (AvgIpc) is 3.64. The summed E-state index contributed by atoms with van der Waals surface area (Å²) in [6.07, 6.45) is 6.22. The van der Waals surface area contributed by atoms with E-state index in [1.807, 2.05) is 45.0 Å². The number of likely N-dealkylation sites (tertiary alicyclic amines) is 1. The standard InChI is InChI=1S/C34H49N3O6/c1-7-11-20-35(18-8-2)33(41)30-34-17-16-27(43-34)28(29(34)32(40)37(30)25(22-38)21-23(5)6)31(39)36(19-9-3)24-12-14-26(15-13-24)42-10-4/h8-9,12-15,23,25,27-30,38H,2-3,7,10-11,16-22H2,1,4-6H3/t25-,27-,28+,29+,30?,34?/m1/s1. The van der Waals surface area contributed by atoms with Crippen LogP contribution in [0.2, 0.25) is 0 Å². The highest BCUT2D eigenvalue weighted by Crippen LogP contribution is 2.59. The Hall–Kier alpha value is -3.17. The number of aliphatic hydroxyl groups is 1. The van der Waals surface area contributed by atoms with Crippen LogP contribution in [-0.2, 0) is 19.1 Å². The van der Waals surface area contributed by atoms with Crippen molar-refractivity contribution in [3.8, 4) is 5.75 Å². The van der Waals surface area contributed by atoms with Crippen LogP contribution in [0.15, 0.2) is 49.6 Å². The van der Waals surface area contributed by atoms with Gasteiger partial charge in [0.2, 0.25) is 17.7 Å². The molecule has 236 valence electrons. The van der Waals surface area contributed by atoms with Crippen molar-refractivity contribution in [2.45, 2.75) is 83.6 Å². The number of nitrogens with zero attached hydrogens (tertiary/aromatic N) is 3. The van der Waals surface area contributed by atoms with Crippen LogP contribution in [0.3, 0.4) is 0 Å². The number of benzene rings is 1. The minimum Gasteiger partial charge on any atom is -0.494 e. The lowest BCUT2D eigenvalue weighted by Crippen LogP contribution is -2.59. The van der Waals surface area contributed by atoms with Gasteiger partial charge < -0.3 is 29.3 Å². The lowest BCUT2D eigenvalue weighted by molar-refractivity contribution is -0.151. The first-order valence-electron chi connectivity index (χ1n) is 15.8. The summed E-state index contributed by atoms with van der Waals surface area (Å²) in [6.45, 7) is 17.2. The van der Waals surface area contributed by atoms with Gasteiger partial charge in [-0.2, -0.15) is 0 Å². The third kappa shape index (κ3) is 6.11. The van der Waals surface area contributed by atoms with Crippen molar-refractivity contribution in [2.24, 2.45) is 17.8 Å². The molecule has 0 saturated carbocycles. The Kier molecular flexibility index (Phi) is 10.7. The molecule has 2 unspecified atom stereocenters. The Morgan fingerprint density at radius 2 is 1.86 bits per heavy atom. The minimum atomic E-state index is -1.13. The largest absolute Gasteiger partial charge is 0.494 e. The van der Waals surface area contributed by atoms with E-state index in [0.29, 0.717) is 50.4 Å². The first kappa shape index (κ1) is 32.7. The quantitative estimate of drug-likeness (QED) is 0.288. The summed E-state index contributed by atoms with van der Waals surface area (Å²) in [5, 5.41) is 10.5. The second-order valence-corrected chi connectivity index (χ2v) is 12.4. The number of carbonyl (C=O) groups is 3. The number of carbonyl (C=O) groups excluding carboxylic acids is 3. The maximum absolute atomic E-state index is 14.5. The number of unbranched alkanes of at least 4 members (excludes halogenated alkanes) is 1. The van der Waals surface area contributed by atoms with E-state index in [1.54, 1.807) is 26.9 Å². The van der Waals surface area contributed by atoms with Crippen LogP contribution < -0.4 is 9.64 Å². The molecule has 6 atom stereocenters. The van der Waals surface area contributed by atoms with Crippen LogP contribution in [0.25, 0.3) is 0 Å². The van der Waals surface area contributed by atoms with Crippen molar-refractivity contribution >= 4 is 23.4 Å². The number of rotatable bonds is 16. The monoisotopic (exact) mass is 595 g/mol. The topological polar surface area (TPSA) is 99.6 Å². The number of ether oxygens (including phenoxy) is 2. The third-order valence-corrected chi connectivity index (χ3v) is 9.08. The molecule has 3 saturated heterocycles. The van der Waals surface area contributed by atoms with Gasteiger partial charge in [-0.05, 0) is 62.8 Å². The zero-order chi connectivity index (χ0) is 31.3. The zero-order valence-corrected chi connectivity index (χ0v) is 26.2. The molecule has 43 heavy (non-hydrogen) atoms. The summed E-state index contributed by atoms with van der Waals surface area (Å²) in [7, 11) is 0. The molecule has 9 nitrogen and oxygen atoms in total. The molecule has 1 aromatic rings. The molecule has 0 aliphatic carbocycles. The van der Waals surface area contributed by atoms with Gasteiger partial charge in [-0.25, -0.2) is 0 Å². The van der Waals surface area contributed by atoms with E-state index in [0.717, 1.165) is 12.8 Å². The highest BCUT2D eigenvalue weighted by Gasteiger charge is 2.75. The fraction of sp³-hybridized carbons (Fsp3) is 0.618. The van der Waals surface area contributed by atoms with Crippen molar-refractivity contribution in [1.29, 1.82) is 0 Å². The summed E-state index contributed by atoms with van der Waals surface area (Å²) in [4.78, 5) is 48.4. The van der Waals surface area contributed by atoms with Crippen LogP contribution >= 0.6 is 0 Å². The van der Waals surface area contributed by atoms with Crippen LogP contribution in [-0.4, -0.2) is 89.3 Å². The van der Waals surface area contributed by atoms with Crippen molar-refractivity contribution in [2.75, 3.05) is 37.7 Å². The lowest BCUT2D eigenvalue weighted by atomic mass is 9.70. The highest BCUT2D eigenvalue weighted by molar-refractivity contribution is 6.03. The van der Waals surface area contributed by atoms with E-state index in [9.17, 15) is 19.5 Å². The average molecular weight is 596 g/mol. The third-order valence-electron chi connectivity index (χ3n) is 9.08. The smallest absolute Gasteiger partial charge is 0.248 e. The Labute approximate surface area is 256 Å². The second-order valence-electron chi connectivity index (χ2n) is 12.4. The van der Waals surface area contributed by atoms with Gasteiger partial charge in [0.1, 0.15) is 17.4 Å². The minimum absolute atomic E-state index is 0.181. The maximum Gasteiger partial charge on any atom is 0.248 e. The van der Waals surface area contributed by atoms with Gasteiger partial charge in [-0.3, -0.25) is 14.4 Å². The Morgan fingerprint density at radius 3 is 2.44 bits per heavy atom. The molecule has 3 amide bonds. The molecule has 3 aliphatic heterocycles. The van der Waals surface area contributed by atoms with E-state index < -0.39 is 35.6 Å². The Morgan fingerprint density at radius 1 is 1.16 bits per heavy atom. The molecule has 3 fully saturated rings. The van der Waals surface area contributed by atoms with E-state index in [-0.39, 0.29) is 36.8 Å². The summed E-state index contributed by atoms with van der Waals surface area (Å²) >= 11 is 0. The van der Waals surface area contributed by atoms with Crippen LogP contribution in [0, 0.1) is 17.8 Å². The number of anilines is 1. The lowest BCUT2D eigenvalue weighted by Gasteiger charge is -2.39. The fourth-order valence-electron chi connectivity index (χ4n) is 7.36. The Balaban J connectivity index is 1.76. The SMILES string of the molecule is C=CCN(CCCC)C(=O)C1N([C@@H](CO)CC(C)C)C(=O)[C@@H]2[C@@H](C(=O)N(CC=C)c3ccc(OCC)cc3)[C@H]3CCC12O3. The molecule has 1 N–H and O–H groups in total. The van der Waals surface area contributed by atoms with Crippen molar-refractivity contribution < 1.29 is 29.0 Å². The van der Waals surface area contributed by atoms with Gasteiger partial charge in [0.25, 0.3) is 0 Å². The van der Waals surface area contributed by atoms with Gasteiger partial charge in [0, 0.05) is 25.3 Å². The number of amides is 3. The molecule has 0 aromatic heterocycles. The number of aliphatic hydroxyl groups excluding tert-OH is 1. The predicted octanol–water partition coefficient (Wildman–Crippen LogP) is 4.20. The van der Waals surface area contributed by atoms with Crippen LogP contribution in [0.4, 0.5) is 5.69 Å². The number of hydrogen-bond acceptors (Lipinski definition) is 6. The number of fused-ring (bicyclic) bond motifs is 1. The van der Waals surface area contributed by atoms with Crippen molar-refractivity contribution in [1.82, 2.24) is 9.80 Å². The molecule has 3 heterocycles. The first-order valence-corrected chi connectivity index (χ1v) is 15.8. The molecule has 0 radical (unpaired) electrons. The zero-order valence-electron chi connectivity index (χ0n) is 26.2. The molecular weight excluding hydrogens is 546 g/mol. The maximum atomic E-state index is 14.5. The fourth-order valence-corrected chi connectivity index (χ4v) is 7.36. The van der Waals surface area contributed by atoms with Crippen LogP contribution in [0.5, 0.6) is 5.75 Å². The number of hydrogen-bond donors (Lipinski definition) is 1. The summed E-state index contributed by atoms with van der Waals surface area (Å²) in [5.41, 5.74) is -0.460. The highest BCUT2D eigenvalue weighted by atomic mass is 16.5.